The largest absolute Gasteiger partial charge is 0.483 e. The number of hydrogen-bond acceptors (Lipinski definition) is 3. The molecule has 0 bridgehead atoms. The molecule has 0 spiro atoms. The van der Waals surface area contributed by atoms with Crippen LogP contribution in [0, 0.1) is 5.82 Å². The average Bonchev–Trinajstić information content (AvgIpc) is 2.74. The second-order valence-corrected chi connectivity index (χ2v) is 4.50. The summed E-state index contributed by atoms with van der Waals surface area (Å²) < 4.78 is 18.5. The highest BCUT2D eigenvalue weighted by atomic mass is 79.9. The molecule has 1 aromatic carbocycles. The maximum absolute atomic E-state index is 12.8. The predicted molar refractivity (Wildman–Crippen MR) is 64.7 cm³/mol. The van der Waals surface area contributed by atoms with Crippen molar-refractivity contribution in [1.82, 2.24) is 10.2 Å². The summed E-state index contributed by atoms with van der Waals surface area (Å²) in [5.41, 5.74) is 0. The molecule has 5 nitrogen and oxygen atoms in total. The Balaban J connectivity index is 1.95. The fourth-order valence-corrected chi connectivity index (χ4v) is 1.98. The van der Waals surface area contributed by atoms with Crippen LogP contribution in [0.15, 0.2) is 22.7 Å². The molecule has 0 aliphatic carbocycles. The number of ether oxygens (including phenoxy) is 1. The molecule has 18 heavy (non-hydrogen) atoms. The van der Waals surface area contributed by atoms with Crippen LogP contribution in [0.2, 0.25) is 0 Å². The average molecular weight is 317 g/mol. The minimum Gasteiger partial charge on any atom is -0.483 e. The minimum absolute atomic E-state index is 0.266. The number of benzene rings is 1. The van der Waals surface area contributed by atoms with E-state index in [2.05, 4.69) is 21.2 Å². The molecule has 1 aromatic rings. The fourth-order valence-electron chi connectivity index (χ4n) is 1.52. The van der Waals surface area contributed by atoms with Crippen LogP contribution in [-0.4, -0.2) is 36.5 Å². The Morgan fingerprint density at radius 3 is 2.94 bits per heavy atom. The van der Waals surface area contributed by atoms with Gasteiger partial charge in [-0.3, -0.25) is 9.69 Å². The molecule has 7 heteroatoms. The van der Waals surface area contributed by atoms with E-state index in [1.165, 1.54) is 18.2 Å². The highest BCUT2D eigenvalue weighted by Crippen LogP contribution is 2.25. The van der Waals surface area contributed by atoms with Gasteiger partial charge >= 0.3 is 6.03 Å². The van der Waals surface area contributed by atoms with E-state index in [1.807, 2.05) is 0 Å². The summed E-state index contributed by atoms with van der Waals surface area (Å²) in [6, 6.07) is 3.47. The monoisotopic (exact) mass is 316 g/mol. The molecule has 1 fully saturated rings. The van der Waals surface area contributed by atoms with E-state index in [1.54, 1.807) is 0 Å². The number of nitrogens with zero attached hydrogens (tertiary/aromatic N) is 1. The van der Waals surface area contributed by atoms with Crippen molar-refractivity contribution in [3.8, 4) is 5.75 Å². The zero-order valence-corrected chi connectivity index (χ0v) is 10.9. The third-order valence-electron chi connectivity index (χ3n) is 2.40. The lowest BCUT2D eigenvalue weighted by Gasteiger charge is -2.13. The lowest BCUT2D eigenvalue weighted by Crippen LogP contribution is -2.37. The molecule has 1 aliphatic heterocycles. The van der Waals surface area contributed by atoms with Crippen LogP contribution in [0.25, 0.3) is 0 Å². The van der Waals surface area contributed by atoms with Crippen molar-refractivity contribution in [2.45, 2.75) is 0 Å². The Morgan fingerprint density at radius 2 is 2.33 bits per heavy atom. The van der Waals surface area contributed by atoms with Gasteiger partial charge in [0.2, 0.25) is 0 Å². The van der Waals surface area contributed by atoms with Crippen molar-refractivity contribution in [2.24, 2.45) is 0 Å². The quantitative estimate of drug-likeness (QED) is 0.919. The first-order valence-corrected chi connectivity index (χ1v) is 6.03. The van der Waals surface area contributed by atoms with E-state index in [0.29, 0.717) is 23.3 Å². The van der Waals surface area contributed by atoms with Crippen LogP contribution in [0.4, 0.5) is 9.18 Å². The Hall–Kier alpha value is -1.63. The number of imide groups is 1. The predicted octanol–water partition coefficient (Wildman–Crippen LogP) is 1.52. The number of halogens is 2. The van der Waals surface area contributed by atoms with Gasteiger partial charge in [-0.25, -0.2) is 9.18 Å². The van der Waals surface area contributed by atoms with Gasteiger partial charge in [-0.05, 0) is 34.1 Å². The molecule has 0 saturated carbocycles. The van der Waals surface area contributed by atoms with E-state index in [0.717, 1.165) is 4.90 Å². The first-order chi connectivity index (χ1) is 8.58. The third kappa shape index (κ3) is 2.79. The van der Waals surface area contributed by atoms with Crippen LogP contribution < -0.4 is 10.1 Å². The van der Waals surface area contributed by atoms with E-state index in [4.69, 9.17) is 4.74 Å². The number of urea groups is 1. The molecule has 1 saturated heterocycles. The summed E-state index contributed by atoms with van der Waals surface area (Å²) >= 11 is 3.12. The number of rotatable bonds is 3. The van der Waals surface area contributed by atoms with Gasteiger partial charge in [-0.1, -0.05) is 0 Å². The SMILES string of the molecule is O=C(COc1ccc(F)cc1Br)N1CCNC1=O. The smallest absolute Gasteiger partial charge is 0.324 e. The van der Waals surface area contributed by atoms with Gasteiger partial charge in [-0.15, -0.1) is 0 Å². The second-order valence-electron chi connectivity index (χ2n) is 3.64. The topological polar surface area (TPSA) is 58.6 Å². The molecular formula is C11H10BrFN2O3. The summed E-state index contributed by atoms with van der Waals surface area (Å²) in [5.74, 6) is -0.481. The van der Waals surface area contributed by atoms with Crippen LogP contribution in [0.5, 0.6) is 5.75 Å². The zero-order chi connectivity index (χ0) is 13.1. The van der Waals surface area contributed by atoms with E-state index < -0.39 is 17.8 Å². The molecule has 0 aromatic heterocycles. The Labute approximate surface area is 111 Å². The van der Waals surface area contributed by atoms with Crippen LogP contribution >= 0.6 is 15.9 Å². The van der Waals surface area contributed by atoms with Crippen molar-refractivity contribution < 1.29 is 18.7 Å². The third-order valence-corrected chi connectivity index (χ3v) is 3.02. The molecule has 0 atom stereocenters. The summed E-state index contributed by atoms with van der Waals surface area (Å²) in [4.78, 5) is 24.0. The van der Waals surface area contributed by atoms with Crippen LogP contribution in [0.1, 0.15) is 0 Å². The van der Waals surface area contributed by atoms with Crippen molar-refractivity contribution in [2.75, 3.05) is 19.7 Å². The van der Waals surface area contributed by atoms with Gasteiger partial charge in [-0.2, -0.15) is 0 Å². The number of nitrogens with one attached hydrogen (secondary N) is 1. The first-order valence-electron chi connectivity index (χ1n) is 5.24. The Kier molecular flexibility index (Phi) is 3.81. The summed E-state index contributed by atoms with van der Waals surface area (Å²) in [5, 5.41) is 2.52. The number of amides is 3. The van der Waals surface area contributed by atoms with Crippen molar-refractivity contribution in [3.05, 3.63) is 28.5 Å². The molecule has 1 heterocycles. The molecule has 1 N–H and O–H groups in total. The molecular weight excluding hydrogens is 307 g/mol. The molecule has 0 unspecified atom stereocenters. The van der Waals surface area contributed by atoms with Gasteiger partial charge < -0.3 is 10.1 Å². The number of carbonyl (C=O) groups excluding carboxylic acids is 2. The zero-order valence-electron chi connectivity index (χ0n) is 9.28. The normalized spacial score (nSPS) is 14.6. The number of carbonyl (C=O) groups is 2. The summed E-state index contributed by atoms with van der Waals surface area (Å²) in [6.07, 6.45) is 0. The molecule has 0 radical (unpaired) electrons. The maximum atomic E-state index is 12.8. The van der Waals surface area contributed by atoms with Gasteiger partial charge in [0.05, 0.1) is 4.47 Å². The number of hydrogen-bond donors (Lipinski definition) is 1. The van der Waals surface area contributed by atoms with Crippen LogP contribution in [-0.2, 0) is 4.79 Å². The Bertz CT molecular complexity index is 495. The van der Waals surface area contributed by atoms with E-state index in [9.17, 15) is 14.0 Å². The minimum atomic E-state index is -0.429. The van der Waals surface area contributed by atoms with Crippen molar-refractivity contribution in [3.63, 3.8) is 0 Å². The van der Waals surface area contributed by atoms with Crippen molar-refractivity contribution >= 4 is 27.9 Å². The van der Waals surface area contributed by atoms with Gasteiger partial charge in [0.1, 0.15) is 11.6 Å². The standard InChI is InChI=1S/C11H10BrFN2O3/c12-8-5-7(13)1-2-9(8)18-6-10(16)15-4-3-14-11(15)17/h1-2,5H,3-4,6H2,(H,14,17). The van der Waals surface area contributed by atoms with E-state index in [-0.39, 0.29) is 6.61 Å². The summed E-state index contributed by atoms with van der Waals surface area (Å²) in [7, 11) is 0. The first kappa shape index (κ1) is 12.8. The molecule has 1 aliphatic rings. The Morgan fingerprint density at radius 1 is 1.56 bits per heavy atom. The molecule has 96 valence electrons. The fraction of sp³-hybridized carbons (Fsp3) is 0.273. The highest BCUT2D eigenvalue weighted by Gasteiger charge is 2.26. The van der Waals surface area contributed by atoms with Crippen LogP contribution in [0.3, 0.4) is 0 Å². The van der Waals surface area contributed by atoms with Gasteiger partial charge in [0, 0.05) is 13.1 Å². The lowest BCUT2D eigenvalue weighted by atomic mass is 10.3. The lowest BCUT2D eigenvalue weighted by molar-refractivity contribution is -0.129. The van der Waals surface area contributed by atoms with Crippen molar-refractivity contribution in [1.29, 1.82) is 0 Å². The maximum Gasteiger partial charge on any atom is 0.324 e. The highest BCUT2D eigenvalue weighted by molar-refractivity contribution is 9.10. The molecule has 2 rings (SSSR count). The second kappa shape index (κ2) is 5.34. The molecule has 3 amide bonds. The van der Waals surface area contributed by atoms with Gasteiger partial charge in [0.25, 0.3) is 5.91 Å². The van der Waals surface area contributed by atoms with Gasteiger partial charge in [0.15, 0.2) is 6.61 Å². The summed E-state index contributed by atoms with van der Waals surface area (Å²) in [6.45, 7) is 0.522. The van der Waals surface area contributed by atoms with E-state index >= 15 is 0 Å².